The van der Waals surface area contributed by atoms with Crippen molar-refractivity contribution in [2.45, 2.75) is 19.4 Å². The summed E-state index contributed by atoms with van der Waals surface area (Å²) in [6.45, 7) is 3.02. The second-order valence-electron chi connectivity index (χ2n) is 2.52. The Hall–Kier alpha value is -0.610. The van der Waals surface area contributed by atoms with E-state index in [9.17, 15) is 4.79 Å². The first kappa shape index (κ1) is 11.4. The van der Waals surface area contributed by atoms with Crippen molar-refractivity contribution < 1.29 is 14.3 Å². The third-order valence-corrected chi connectivity index (χ3v) is 1.55. The minimum absolute atomic E-state index is 0.0754. The van der Waals surface area contributed by atoms with Gasteiger partial charge < -0.3 is 14.8 Å². The molecular weight excluding hydrogens is 158 g/mol. The first-order valence-corrected chi connectivity index (χ1v) is 4.01. The number of carbonyl (C=O) groups excluding carboxylic acids is 1. The Balaban J connectivity index is 3.31. The first-order chi connectivity index (χ1) is 5.72. The molecule has 1 N–H and O–H groups in total. The molecule has 4 heteroatoms. The van der Waals surface area contributed by atoms with Gasteiger partial charge in [0.2, 0.25) is 5.91 Å². The number of ether oxygens (including phenoxy) is 2. The topological polar surface area (TPSA) is 47.6 Å². The minimum Gasteiger partial charge on any atom is -0.385 e. The maximum absolute atomic E-state index is 11.1. The van der Waals surface area contributed by atoms with Gasteiger partial charge in [0.1, 0.15) is 6.10 Å². The van der Waals surface area contributed by atoms with Crippen LogP contribution in [-0.4, -0.2) is 39.4 Å². The molecule has 0 fully saturated rings. The molecule has 0 rings (SSSR count). The van der Waals surface area contributed by atoms with Crippen LogP contribution in [0.5, 0.6) is 0 Å². The molecule has 0 aromatic rings. The number of hydrogen-bond donors (Lipinski definition) is 1. The van der Waals surface area contributed by atoms with Crippen LogP contribution < -0.4 is 5.32 Å². The van der Waals surface area contributed by atoms with Crippen molar-refractivity contribution in [1.29, 1.82) is 0 Å². The summed E-state index contributed by atoms with van der Waals surface area (Å²) in [4.78, 5) is 11.1. The average Bonchev–Trinajstić information content (AvgIpc) is 2.10. The van der Waals surface area contributed by atoms with E-state index in [-0.39, 0.29) is 12.0 Å². The molecule has 0 aliphatic rings. The SMILES string of the molecule is COCCCNC(=O)C(C)OC. The molecule has 0 bridgehead atoms. The number of amides is 1. The second kappa shape index (κ2) is 7.06. The summed E-state index contributed by atoms with van der Waals surface area (Å²) in [6, 6.07) is 0. The van der Waals surface area contributed by atoms with E-state index in [0.29, 0.717) is 13.2 Å². The Kier molecular flexibility index (Phi) is 6.70. The van der Waals surface area contributed by atoms with E-state index in [1.165, 1.54) is 7.11 Å². The van der Waals surface area contributed by atoms with E-state index in [4.69, 9.17) is 9.47 Å². The van der Waals surface area contributed by atoms with E-state index in [0.717, 1.165) is 6.42 Å². The maximum atomic E-state index is 11.1. The lowest BCUT2D eigenvalue weighted by molar-refractivity contribution is -0.130. The smallest absolute Gasteiger partial charge is 0.248 e. The summed E-state index contributed by atoms with van der Waals surface area (Å²) >= 11 is 0. The predicted octanol–water partition coefficient (Wildman–Crippen LogP) is 0.174. The van der Waals surface area contributed by atoms with Gasteiger partial charge in [-0.15, -0.1) is 0 Å². The molecule has 0 heterocycles. The molecule has 0 saturated carbocycles. The Morgan fingerprint density at radius 1 is 1.50 bits per heavy atom. The standard InChI is InChI=1S/C8H17NO3/c1-7(12-3)8(10)9-5-4-6-11-2/h7H,4-6H2,1-3H3,(H,9,10). The maximum Gasteiger partial charge on any atom is 0.248 e. The van der Waals surface area contributed by atoms with Crippen LogP contribution in [0.25, 0.3) is 0 Å². The van der Waals surface area contributed by atoms with Gasteiger partial charge in [0.05, 0.1) is 0 Å². The molecular formula is C8H17NO3. The van der Waals surface area contributed by atoms with Gasteiger partial charge >= 0.3 is 0 Å². The molecule has 72 valence electrons. The first-order valence-electron chi connectivity index (χ1n) is 4.01. The molecule has 1 unspecified atom stereocenters. The van der Waals surface area contributed by atoms with Gasteiger partial charge in [-0.2, -0.15) is 0 Å². The summed E-state index contributed by atoms with van der Waals surface area (Å²) < 4.78 is 9.65. The fourth-order valence-corrected chi connectivity index (χ4v) is 0.679. The largest absolute Gasteiger partial charge is 0.385 e. The van der Waals surface area contributed by atoms with E-state index < -0.39 is 0 Å². The van der Waals surface area contributed by atoms with E-state index >= 15 is 0 Å². The Morgan fingerprint density at radius 2 is 2.17 bits per heavy atom. The van der Waals surface area contributed by atoms with Gasteiger partial charge in [-0.05, 0) is 13.3 Å². The Labute approximate surface area is 73.2 Å². The number of carbonyl (C=O) groups is 1. The van der Waals surface area contributed by atoms with Crippen molar-refractivity contribution >= 4 is 5.91 Å². The lowest BCUT2D eigenvalue weighted by Crippen LogP contribution is -2.34. The molecule has 12 heavy (non-hydrogen) atoms. The molecule has 4 nitrogen and oxygen atoms in total. The second-order valence-corrected chi connectivity index (χ2v) is 2.52. The third-order valence-electron chi connectivity index (χ3n) is 1.55. The summed E-state index contributed by atoms with van der Waals surface area (Å²) in [7, 11) is 3.15. The fourth-order valence-electron chi connectivity index (χ4n) is 0.679. The molecule has 0 aliphatic carbocycles. The van der Waals surface area contributed by atoms with Crippen LogP contribution in [-0.2, 0) is 14.3 Å². The predicted molar refractivity (Wildman–Crippen MR) is 46.0 cm³/mol. The van der Waals surface area contributed by atoms with Crippen molar-refractivity contribution in [3.8, 4) is 0 Å². The highest BCUT2D eigenvalue weighted by atomic mass is 16.5. The van der Waals surface area contributed by atoms with Crippen LogP contribution in [0.15, 0.2) is 0 Å². The highest BCUT2D eigenvalue weighted by Crippen LogP contribution is 1.87. The number of methoxy groups -OCH3 is 2. The molecule has 0 aromatic carbocycles. The van der Waals surface area contributed by atoms with Gasteiger partial charge in [0.15, 0.2) is 0 Å². The molecule has 0 aliphatic heterocycles. The average molecular weight is 175 g/mol. The van der Waals surface area contributed by atoms with Crippen LogP contribution in [0.4, 0.5) is 0 Å². The van der Waals surface area contributed by atoms with Crippen molar-refractivity contribution in [1.82, 2.24) is 5.32 Å². The number of rotatable bonds is 6. The quantitative estimate of drug-likeness (QED) is 0.585. The number of nitrogens with one attached hydrogen (secondary N) is 1. The lowest BCUT2D eigenvalue weighted by Gasteiger charge is -2.09. The minimum atomic E-state index is -0.368. The molecule has 0 saturated heterocycles. The summed E-state index contributed by atoms with van der Waals surface area (Å²) in [5, 5.41) is 2.72. The molecule has 0 spiro atoms. The van der Waals surface area contributed by atoms with Crippen LogP contribution in [0.3, 0.4) is 0 Å². The zero-order chi connectivity index (χ0) is 9.40. The highest BCUT2D eigenvalue weighted by molar-refractivity contribution is 5.80. The summed E-state index contributed by atoms with van der Waals surface area (Å²) in [6.07, 6.45) is 0.464. The highest BCUT2D eigenvalue weighted by Gasteiger charge is 2.09. The van der Waals surface area contributed by atoms with Crippen molar-refractivity contribution in [3.63, 3.8) is 0 Å². The zero-order valence-electron chi connectivity index (χ0n) is 7.92. The molecule has 1 atom stereocenters. The molecule has 0 aromatic heterocycles. The normalized spacial score (nSPS) is 12.6. The van der Waals surface area contributed by atoms with Gasteiger partial charge in [-0.3, -0.25) is 4.79 Å². The van der Waals surface area contributed by atoms with Crippen molar-refractivity contribution in [2.75, 3.05) is 27.4 Å². The van der Waals surface area contributed by atoms with Crippen LogP contribution in [0.1, 0.15) is 13.3 Å². The third kappa shape index (κ3) is 5.09. The van der Waals surface area contributed by atoms with Gasteiger partial charge in [0, 0.05) is 27.4 Å². The van der Waals surface area contributed by atoms with Crippen LogP contribution >= 0.6 is 0 Å². The van der Waals surface area contributed by atoms with E-state index in [2.05, 4.69) is 5.32 Å². The van der Waals surface area contributed by atoms with Crippen LogP contribution in [0, 0.1) is 0 Å². The zero-order valence-corrected chi connectivity index (χ0v) is 7.92. The van der Waals surface area contributed by atoms with E-state index in [1.54, 1.807) is 14.0 Å². The summed E-state index contributed by atoms with van der Waals surface area (Å²) in [5.74, 6) is -0.0754. The van der Waals surface area contributed by atoms with Crippen LogP contribution in [0.2, 0.25) is 0 Å². The molecule has 0 radical (unpaired) electrons. The van der Waals surface area contributed by atoms with Gasteiger partial charge in [-0.25, -0.2) is 0 Å². The Morgan fingerprint density at radius 3 is 2.67 bits per heavy atom. The van der Waals surface area contributed by atoms with E-state index in [1.807, 2.05) is 0 Å². The Bertz CT molecular complexity index is 127. The van der Waals surface area contributed by atoms with Crippen molar-refractivity contribution in [3.05, 3.63) is 0 Å². The van der Waals surface area contributed by atoms with Gasteiger partial charge in [-0.1, -0.05) is 0 Å². The summed E-state index contributed by atoms with van der Waals surface area (Å²) in [5.41, 5.74) is 0. The lowest BCUT2D eigenvalue weighted by atomic mass is 10.3. The van der Waals surface area contributed by atoms with Gasteiger partial charge in [0.25, 0.3) is 0 Å². The van der Waals surface area contributed by atoms with Crippen molar-refractivity contribution in [2.24, 2.45) is 0 Å². The molecule has 1 amide bonds. The monoisotopic (exact) mass is 175 g/mol. The fraction of sp³-hybridized carbons (Fsp3) is 0.875. The number of hydrogen-bond acceptors (Lipinski definition) is 3.